The van der Waals surface area contributed by atoms with Gasteiger partial charge in [0.1, 0.15) is 5.00 Å². The smallest absolute Gasteiger partial charge is 0.259 e. The van der Waals surface area contributed by atoms with Crippen LogP contribution in [0.25, 0.3) is 5.65 Å². The first-order chi connectivity index (χ1) is 12.1. The lowest BCUT2D eigenvalue weighted by atomic mass is 10.2. The molecule has 0 aliphatic rings. The number of hydrogen-bond donors (Lipinski definition) is 3. The number of fused-ring (bicyclic) bond motifs is 1. The lowest BCUT2D eigenvalue weighted by molar-refractivity contribution is -0.108. The van der Waals surface area contributed by atoms with Crippen LogP contribution in [0.4, 0.5) is 5.00 Å². The van der Waals surface area contributed by atoms with Crippen molar-refractivity contribution in [2.45, 2.75) is 13.3 Å². The highest BCUT2D eigenvalue weighted by Crippen LogP contribution is 2.24. The lowest BCUT2D eigenvalue weighted by Crippen LogP contribution is -2.36. The van der Waals surface area contributed by atoms with Gasteiger partial charge in [-0.15, -0.1) is 11.3 Å². The number of aliphatic hydroxyl groups is 1. The molecule has 3 N–H and O–H groups in total. The molecule has 9 nitrogen and oxygen atoms in total. The summed E-state index contributed by atoms with van der Waals surface area (Å²) >= 11 is 1.19. The third kappa shape index (κ3) is 3.82. The number of rotatable bonds is 6. The summed E-state index contributed by atoms with van der Waals surface area (Å²) in [4.78, 5) is 28.7. The molecule has 1 atom stereocenters. The highest BCUT2D eigenvalue weighted by Gasteiger charge is 2.18. The Bertz CT molecular complexity index is 906. The molecule has 0 spiro atoms. The summed E-state index contributed by atoms with van der Waals surface area (Å²) in [5, 5.41) is 20.5. The first-order valence-corrected chi connectivity index (χ1v) is 8.25. The molecular weight excluding hydrogens is 346 g/mol. The zero-order chi connectivity index (χ0) is 17.8. The maximum atomic E-state index is 12.4. The predicted octanol–water partition coefficient (Wildman–Crippen LogP) is 1.09. The van der Waals surface area contributed by atoms with Gasteiger partial charge in [-0.2, -0.15) is 5.10 Å². The summed E-state index contributed by atoms with van der Waals surface area (Å²) in [5.41, 5.74) is 1.15. The predicted molar refractivity (Wildman–Crippen MR) is 90.4 cm³/mol. The van der Waals surface area contributed by atoms with Crippen LogP contribution in [0.5, 0.6) is 0 Å². The fourth-order valence-electron chi connectivity index (χ4n) is 2.08. The van der Waals surface area contributed by atoms with Crippen molar-refractivity contribution in [3.8, 4) is 0 Å². The molecule has 3 rings (SSSR count). The van der Waals surface area contributed by atoms with Crippen LogP contribution in [-0.4, -0.2) is 44.5 Å². The van der Waals surface area contributed by atoms with E-state index in [1.54, 1.807) is 36.8 Å². The van der Waals surface area contributed by atoms with Gasteiger partial charge in [0.05, 0.1) is 17.3 Å². The second-order valence-electron chi connectivity index (χ2n) is 4.88. The zero-order valence-corrected chi connectivity index (χ0v) is 14.0. The topological polar surface area (TPSA) is 118 Å². The van der Waals surface area contributed by atoms with E-state index in [9.17, 15) is 14.7 Å². The van der Waals surface area contributed by atoms with E-state index >= 15 is 0 Å². The number of carbonyl (C=O) groups is 2. The average Bonchev–Trinajstić information content (AvgIpc) is 3.22. The molecule has 0 fully saturated rings. The minimum Gasteiger partial charge on any atom is -0.351 e. The molecule has 0 bridgehead atoms. The van der Waals surface area contributed by atoms with Gasteiger partial charge in [0, 0.05) is 25.1 Å². The second-order valence-corrected chi connectivity index (χ2v) is 5.79. The number of hydrogen-bond acceptors (Lipinski definition) is 7. The summed E-state index contributed by atoms with van der Waals surface area (Å²) in [6, 6.07) is 3.26. The Morgan fingerprint density at radius 1 is 1.40 bits per heavy atom. The third-order valence-electron chi connectivity index (χ3n) is 3.22. The Morgan fingerprint density at radius 3 is 3.04 bits per heavy atom. The molecule has 0 aliphatic carbocycles. The maximum Gasteiger partial charge on any atom is 0.259 e. The molecule has 25 heavy (non-hydrogen) atoms. The number of nitrogens with one attached hydrogen (secondary N) is 2. The number of amides is 2. The van der Waals surface area contributed by atoms with Gasteiger partial charge < -0.3 is 20.5 Å². The number of aliphatic hydroxyl groups excluding tert-OH is 1. The van der Waals surface area contributed by atoms with Crippen molar-refractivity contribution in [3.05, 3.63) is 47.2 Å². The van der Waals surface area contributed by atoms with Crippen molar-refractivity contribution >= 4 is 33.8 Å². The highest BCUT2D eigenvalue weighted by molar-refractivity contribution is 7.14. The Kier molecular flexibility index (Phi) is 5.03. The van der Waals surface area contributed by atoms with Gasteiger partial charge in [-0.25, -0.2) is 9.50 Å². The molecule has 0 saturated carbocycles. The van der Waals surface area contributed by atoms with E-state index in [4.69, 9.17) is 4.74 Å². The number of thiophene rings is 1. The Hall–Kier alpha value is -2.82. The second kappa shape index (κ2) is 7.38. The standard InChI is InChI=1S/C15H15N5O4S/c1-2-24-15(23)19-13(22)10-4-6-25-14(10)18-12(21)9-7-16-11-3-5-17-20(11)8-9/h3-8,15,23H,2H2,1H3,(H,18,21)(H,19,22). The number of aromatic nitrogens is 3. The number of carbonyl (C=O) groups excluding carboxylic acids is 2. The summed E-state index contributed by atoms with van der Waals surface area (Å²) < 4.78 is 6.34. The summed E-state index contributed by atoms with van der Waals surface area (Å²) in [7, 11) is 0. The van der Waals surface area contributed by atoms with Crippen molar-refractivity contribution in [3.63, 3.8) is 0 Å². The normalized spacial score (nSPS) is 12.1. The van der Waals surface area contributed by atoms with E-state index in [-0.39, 0.29) is 12.2 Å². The van der Waals surface area contributed by atoms with E-state index in [1.165, 1.54) is 22.0 Å². The van der Waals surface area contributed by atoms with E-state index < -0.39 is 18.2 Å². The Balaban J connectivity index is 1.73. The van der Waals surface area contributed by atoms with E-state index in [1.807, 2.05) is 0 Å². The van der Waals surface area contributed by atoms with Gasteiger partial charge in [0.15, 0.2) is 5.65 Å². The van der Waals surface area contributed by atoms with Gasteiger partial charge in [-0.1, -0.05) is 0 Å². The fourth-order valence-corrected chi connectivity index (χ4v) is 2.86. The molecule has 3 heterocycles. The third-order valence-corrected chi connectivity index (χ3v) is 4.05. The van der Waals surface area contributed by atoms with Gasteiger partial charge in [0.2, 0.25) is 6.41 Å². The van der Waals surface area contributed by atoms with Crippen molar-refractivity contribution < 1.29 is 19.4 Å². The van der Waals surface area contributed by atoms with Gasteiger partial charge in [0.25, 0.3) is 11.8 Å². The molecular formula is C15H15N5O4S. The number of ether oxygens (including phenoxy) is 1. The molecule has 0 radical (unpaired) electrons. The molecule has 0 saturated heterocycles. The van der Waals surface area contributed by atoms with Crippen LogP contribution in [0.2, 0.25) is 0 Å². The zero-order valence-electron chi connectivity index (χ0n) is 13.2. The van der Waals surface area contributed by atoms with Crippen LogP contribution in [0, 0.1) is 0 Å². The number of nitrogens with zero attached hydrogens (tertiary/aromatic N) is 3. The molecule has 0 aliphatic heterocycles. The van der Waals surface area contributed by atoms with Crippen LogP contribution in [0.3, 0.4) is 0 Å². The molecule has 3 aromatic rings. The van der Waals surface area contributed by atoms with Crippen molar-refractivity contribution in [2.75, 3.05) is 11.9 Å². The van der Waals surface area contributed by atoms with Gasteiger partial charge in [-0.3, -0.25) is 9.59 Å². The first kappa shape index (κ1) is 17.0. The average molecular weight is 361 g/mol. The van der Waals surface area contributed by atoms with Gasteiger partial charge >= 0.3 is 0 Å². The fraction of sp³-hybridized carbons (Fsp3) is 0.200. The Labute approximate surface area is 146 Å². The molecule has 1 unspecified atom stereocenters. The van der Waals surface area contributed by atoms with Crippen LogP contribution in [0.1, 0.15) is 27.6 Å². The molecule has 2 amide bonds. The number of anilines is 1. The molecule has 3 aromatic heterocycles. The maximum absolute atomic E-state index is 12.4. The van der Waals surface area contributed by atoms with Gasteiger partial charge in [-0.05, 0) is 18.4 Å². The van der Waals surface area contributed by atoms with Crippen molar-refractivity contribution in [1.82, 2.24) is 19.9 Å². The summed E-state index contributed by atoms with van der Waals surface area (Å²) in [6.45, 7) is 1.94. The lowest BCUT2D eigenvalue weighted by Gasteiger charge is -2.12. The molecule has 10 heteroatoms. The van der Waals surface area contributed by atoms with Crippen LogP contribution in [-0.2, 0) is 4.74 Å². The summed E-state index contributed by atoms with van der Waals surface area (Å²) in [5.74, 6) is -0.982. The van der Waals surface area contributed by atoms with E-state index in [2.05, 4.69) is 20.7 Å². The molecule has 130 valence electrons. The SMILES string of the molecule is CCOC(O)NC(=O)c1ccsc1NC(=O)c1cnc2ccnn2c1. The largest absolute Gasteiger partial charge is 0.351 e. The van der Waals surface area contributed by atoms with Crippen LogP contribution >= 0.6 is 11.3 Å². The van der Waals surface area contributed by atoms with E-state index in [0.29, 0.717) is 16.2 Å². The van der Waals surface area contributed by atoms with Crippen molar-refractivity contribution in [2.24, 2.45) is 0 Å². The quantitative estimate of drug-likeness (QED) is 0.566. The minimum atomic E-state index is -1.41. The Morgan fingerprint density at radius 2 is 2.24 bits per heavy atom. The van der Waals surface area contributed by atoms with Crippen molar-refractivity contribution in [1.29, 1.82) is 0 Å². The monoisotopic (exact) mass is 361 g/mol. The molecule has 0 aromatic carbocycles. The summed E-state index contributed by atoms with van der Waals surface area (Å²) in [6.07, 6.45) is 3.14. The van der Waals surface area contributed by atoms with Crippen LogP contribution < -0.4 is 10.6 Å². The van der Waals surface area contributed by atoms with E-state index in [0.717, 1.165) is 0 Å². The first-order valence-electron chi connectivity index (χ1n) is 7.37. The van der Waals surface area contributed by atoms with Crippen LogP contribution in [0.15, 0.2) is 36.1 Å². The highest BCUT2D eigenvalue weighted by atomic mass is 32.1. The minimum absolute atomic E-state index is 0.227.